The van der Waals surface area contributed by atoms with E-state index in [1.54, 1.807) is 11.3 Å². The number of aromatic nitrogens is 2. The summed E-state index contributed by atoms with van der Waals surface area (Å²) >= 11 is 3.89. The molecule has 0 amide bonds. The van der Waals surface area contributed by atoms with Crippen LogP contribution in [-0.4, -0.2) is 27.1 Å². The largest absolute Gasteiger partial charge is 0.336 e. The Morgan fingerprint density at radius 3 is 3.16 bits per heavy atom. The molecule has 1 saturated heterocycles. The Morgan fingerprint density at radius 2 is 2.53 bits per heavy atom. The zero-order chi connectivity index (χ0) is 13.1. The molecule has 2 aromatic rings. The van der Waals surface area contributed by atoms with E-state index in [0.717, 1.165) is 17.6 Å². The van der Waals surface area contributed by atoms with Gasteiger partial charge in [-0.05, 0) is 30.0 Å². The van der Waals surface area contributed by atoms with Gasteiger partial charge in [0.1, 0.15) is 11.9 Å². The second kappa shape index (κ2) is 6.11. The SMILES string of the molecule is Cn1ccnc1C(NCC1CCCS1)c1cccs1. The maximum Gasteiger partial charge on any atom is 0.131 e. The molecule has 3 nitrogen and oxygen atoms in total. The van der Waals surface area contributed by atoms with E-state index in [-0.39, 0.29) is 6.04 Å². The molecule has 1 fully saturated rings. The smallest absolute Gasteiger partial charge is 0.131 e. The Balaban J connectivity index is 1.75. The Kier molecular flexibility index (Phi) is 4.25. The van der Waals surface area contributed by atoms with Gasteiger partial charge in [-0.3, -0.25) is 0 Å². The highest BCUT2D eigenvalue weighted by atomic mass is 32.2. The Bertz CT molecular complexity index is 501. The van der Waals surface area contributed by atoms with Crippen molar-refractivity contribution in [3.8, 4) is 0 Å². The third-order valence-electron chi connectivity index (χ3n) is 3.52. The van der Waals surface area contributed by atoms with Crippen molar-refractivity contribution in [3.63, 3.8) is 0 Å². The number of rotatable bonds is 5. The van der Waals surface area contributed by atoms with Gasteiger partial charge in [0, 0.05) is 36.1 Å². The molecule has 2 aromatic heterocycles. The lowest BCUT2D eigenvalue weighted by atomic mass is 10.2. The first kappa shape index (κ1) is 13.2. The van der Waals surface area contributed by atoms with Gasteiger partial charge in [0.2, 0.25) is 0 Å². The summed E-state index contributed by atoms with van der Waals surface area (Å²) in [5, 5.41) is 6.62. The molecule has 1 aliphatic rings. The second-order valence-electron chi connectivity index (χ2n) is 4.89. The van der Waals surface area contributed by atoms with Gasteiger partial charge in [-0.15, -0.1) is 11.3 Å². The van der Waals surface area contributed by atoms with Crippen molar-refractivity contribution >= 4 is 23.1 Å². The van der Waals surface area contributed by atoms with Crippen molar-refractivity contribution in [1.29, 1.82) is 0 Å². The Labute approximate surface area is 122 Å². The predicted molar refractivity (Wildman–Crippen MR) is 82.9 cm³/mol. The average molecular weight is 293 g/mol. The van der Waals surface area contributed by atoms with Gasteiger partial charge in [-0.1, -0.05) is 6.07 Å². The summed E-state index contributed by atoms with van der Waals surface area (Å²) < 4.78 is 2.11. The molecule has 2 atom stereocenters. The molecule has 0 aliphatic carbocycles. The highest BCUT2D eigenvalue weighted by molar-refractivity contribution is 8.00. The molecule has 1 aliphatic heterocycles. The molecular formula is C14H19N3S2. The van der Waals surface area contributed by atoms with E-state index in [0.29, 0.717) is 0 Å². The standard InChI is InChI=1S/C14H19N3S2/c1-17-7-6-15-14(17)13(12-5-3-9-19-12)16-10-11-4-2-8-18-11/h3,5-7,9,11,13,16H,2,4,8,10H2,1H3. The van der Waals surface area contributed by atoms with E-state index in [1.807, 2.05) is 12.4 Å². The number of hydrogen-bond acceptors (Lipinski definition) is 4. The summed E-state index contributed by atoms with van der Waals surface area (Å²) in [6, 6.07) is 4.53. The maximum absolute atomic E-state index is 4.52. The molecule has 102 valence electrons. The molecule has 2 unspecified atom stereocenters. The topological polar surface area (TPSA) is 29.9 Å². The summed E-state index contributed by atoms with van der Waals surface area (Å²) in [6.07, 6.45) is 6.60. The van der Waals surface area contributed by atoms with Gasteiger partial charge in [0.25, 0.3) is 0 Å². The van der Waals surface area contributed by atoms with Crippen LogP contribution in [0.15, 0.2) is 29.9 Å². The van der Waals surface area contributed by atoms with Crippen molar-refractivity contribution < 1.29 is 0 Å². The number of nitrogens with one attached hydrogen (secondary N) is 1. The molecule has 3 rings (SSSR count). The number of aryl methyl sites for hydroxylation is 1. The Morgan fingerprint density at radius 1 is 1.58 bits per heavy atom. The Hall–Kier alpha value is -0.780. The van der Waals surface area contributed by atoms with Gasteiger partial charge in [-0.25, -0.2) is 4.98 Å². The molecule has 1 N–H and O–H groups in total. The summed E-state index contributed by atoms with van der Waals surface area (Å²) in [5.74, 6) is 2.42. The number of imidazole rings is 1. The van der Waals surface area contributed by atoms with Gasteiger partial charge in [0.15, 0.2) is 0 Å². The third-order valence-corrected chi connectivity index (χ3v) is 5.85. The molecule has 3 heterocycles. The minimum Gasteiger partial charge on any atom is -0.336 e. The summed E-state index contributed by atoms with van der Waals surface area (Å²) in [5.41, 5.74) is 0. The number of hydrogen-bond donors (Lipinski definition) is 1. The summed E-state index contributed by atoms with van der Waals surface area (Å²) in [4.78, 5) is 5.86. The van der Waals surface area contributed by atoms with Crippen LogP contribution in [0.4, 0.5) is 0 Å². The number of thioether (sulfide) groups is 1. The normalized spacial score (nSPS) is 20.8. The van der Waals surface area contributed by atoms with E-state index < -0.39 is 0 Å². The monoisotopic (exact) mass is 293 g/mol. The van der Waals surface area contributed by atoms with Gasteiger partial charge in [0.05, 0.1) is 0 Å². The zero-order valence-corrected chi connectivity index (χ0v) is 12.7. The highest BCUT2D eigenvalue weighted by Crippen LogP contribution is 2.28. The predicted octanol–water partition coefficient (Wildman–Crippen LogP) is 3.06. The van der Waals surface area contributed by atoms with E-state index in [9.17, 15) is 0 Å². The van der Waals surface area contributed by atoms with Crippen LogP contribution in [0.5, 0.6) is 0 Å². The first-order chi connectivity index (χ1) is 9.34. The highest BCUT2D eigenvalue weighted by Gasteiger charge is 2.22. The third kappa shape index (κ3) is 3.04. The molecule has 0 radical (unpaired) electrons. The van der Waals surface area contributed by atoms with Gasteiger partial charge in [-0.2, -0.15) is 11.8 Å². The van der Waals surface area contributed by atoms with Crippen LogP contribution in [0.25, 0.3) is 0 Å². The van der Waals surface area contributed by atoms with Crippen molar-refractivity contribution in [2.24, 2.45) is 7.05 Å². The van der Waals surface area contributed by atoms with Crippen LogP contribution in [0.1, 0.15) is 29.6 Å². The fourth-order valence-electron chi connectivity index (χ4n) is 2.48. The number of thiophene rings is 1. The zero-order valence-electron chi connectivity index (χ0n) is 11.1. The number of nitrogens with zero attached hydrogens (tertiary/aromatic N) is 2. The van der Waals surface area contributed by atoms with Crippen LogP contribution in [0.3, 0.4) is 0 Å². The van der Waals surface area contributed by atoms with E-state index >= 15 is 0 Å². The second-order valence-corrected chi connectivity index (χ2v) is 7.28. The first-order valence-electron chi connectivity index (χ1n) is 6.70. The lowest BCUT2D eigenvalue weighted by Gasteiger charge is -2.19. The van der Waals surface area contributed by atoms with Crippen molar-refractivity contribution in [2.45, 2.75) is 24.1 Å². The summed E-state index contributed by atoms with van der Waals surface area (Å²) in [7, 11) is 2.06. The average Bonchev–Trinajstić information content (AvgIpc) is 3.13. The fourth-order valence-corrected chi connectivity index (χ4v) is 4.49. The molecular weight excluding hydrogens is 274 g/mol. The van der Waals surface area contributed by atoms with Crippen molar-refractivity contribution in [2.75, 3.05) is 12.3 Å². The van der Waals surface area contributed by atoms with Gasteiger partial charge >= 0.3 is 0 Å². The lowest BCUT2D eigenvalue weighted by Crippen LogP contribution is -2.29. The summed E-state index contributed by atoms with van der Waals surface area (Å²) in [6.45, 7) is 1.07. The molecule has 0 spiro atoms. The molecule has 0 saturated carbocycles. The van der Waals surface area contributed by atoms with Crippen molar-refractivity contribution in [3.05, 3.63) is 40.6 Å². The molecule has 19 heavy (non-hydrogen) atoms. The lowest BCUT2D eigenvalue weighted by molar-refractivity contribution is 0.553. The van der Waals surface area contributed by atoms with Crippen LogP contribution in [0.2, 0.25) is 0 Å². The molecule has 5 heteroatoms. The first-order valence-corrected chi connectivity index (χ1v) is 8.63. The van der Waals surface area contributed by atoms with E-state index in [4.69, 9.17) is 0 Å². The van der Waals surface area contributed by atoms with E-state index in [1.165, 1.54) is 23.5 Å². The quantitative estimate of drug-likeness (QED) is 0.919. The van der Waals surface area contributed by atoms with Gasteiger partial charge < -0.3 is 9.88 Å². The molecule has 0 bridgehead atoms. The van der Waals surface area contributed by atoms with Crippen LogP contribution >= 0.6 is 23.1 Å². The fraction of sp³-hybridized carbons (Fsp3) is 0.500. The van der Waals surface area contributed by atoms with Crippen LogP contribution in [0, 0.1) is 0 Å². The maximum atomic E-state index is 4.52. The van der Waals surface area contributed by atoms with Crippen LogP contribution in [-0.2, 0) is 7.05 Å². The van der Waals surface area contributed by atoms with E-state index in [2.05, 4.69) is 51.2 Å². The minimum atomic E-state index is 0.223. The minimum absolute atomic E-state index is 0.223. The van der Waals surface area contributed by atoms with Crippen LogP contribution < -0.4 is 5.32 Å². The molecule has 0 aromatic carbocycles. The van der Waals surface area contributed by atoms with Crippen molar-refractivity contribution in [1.82, 2.24) is 14.9 Å².